The number of thiophene rings is 1. The largest absolute Gasteiger partial charge is 0.495 e. The van der Waals surface area contributed by atoms with Crippen LogP contribution in [0, 0.1) is 6.92 Å². The van der Waals surface area contributed by atoms with Gasteiger partial charge >= 0.3 is 6.03 Å². The van der Waals surface area contributed by atoms with Gasteiger partial charge in [-0.1, -0.05) is 36.2 Å². The van der Waals surface area contributed by atoms with E-state index in [1.54, 1.807) is 24.3 Å². The minimum Gasteiger partial charge on any atom is -0.495 e. The lowest BCUT2D eigenvalue weighted by Gasteiger charge is -2.20. The SMILES string of the molecule is COc1ccc(Cl)cc1N1C(=O)C(=Cc2sccc2C)N=C1SCC(=O)NC(=O)NC1CCCC1. The number of carbonyl (C=O) groups is 3. The van der Waals surface area contributed by atoms with Gasteiger partial charge in [-0.05, 0) is 61.1 Å². The van der Waals surface area contributed by atoms with Crippen LogP contribution < -0.4 is 20.3 Å². The molecule has 11 heteroatoms. The van der Waals surface area contributed by atoms with Gasteiger partial charge in [0.2, 0.25) is 5.91 Å². The molecule has 2 N–H and O–H groups in total. The molecule has 1 aliphatic heterocycles. The van der Waals surface area contributed by atoms with Crippen molar-refractivity contribution in [2.45, 2.75) is 38.6 Å². The van der Waals surface area contributed by atoms with Crippen molar-refractivity contribution in [1.82, 2.24) is 10.6 Å². The summed E-state index contributed by atoms with van der Waals surface area (Å²) in [5.41, 5.74) is 1.69. The highest BCUT2D eigenvalue weighted by molar-refractivity contribution is 8.14. The van der Waals surface area contributed by atoms with Crippen molar-refractivity contribution in [2.75, 3.05) is 17.8 Å². The number of benzene rings is 1. The topological polar surface area (TPSA) is 100 Å². The van der Waals surface area contributed by atoms with Gasteiger partial charge in [-0.3, -0.25) is 14.9 Å². The van der Waals surface area contributed by atoms with Crippen molar-refractivity contribution in [1.29, 1.82) is 0 Å². The number of aryl methyl sites for hydroxylation is 1. The zero-order valence-electron chi connectivity index (χ0n) is 19.3. The second-order valence-electron chi connectivity index (χ2n) is 8.14. The first-order valence-electron chi connectivity index (χ1n) is 11.1. The summed E-state index contributed by atoms with van der Waals surface area (Å²) in [5.74, 6) is -0.509. The Balaban J connectivity index is 1.54. The van der Waals surface area contributed by atoms with Crippen molar-refractivity contribution in [3.63, 3.8) is 0 Å². The monoisotopic (exact) mass is 532 g/mol. The Kier molecular flexibility index (Phi) is 8.15. The molecule has 2 aromatic rings. The van der Waals surface area contributed by atoms with Crippen LogP contribution in [-0.4, -0.2) is 41.9 Å². The second-order valence-corrected chi connectivity index (χ2v) is 10.5. The average molecular weight is 533 g/mol. The molecule has 1 aromatic carbocycles. The van der Waals surface area contributed by atoms with Crippen LogP contribution in [0.4, 0.5) is 10.5 Å². The summed E-state index contributed by atoms with van der Waals surface area (Å²) in [7, 11) is 1.50. The number of aliphatic imine (C=N–C) groups is 1. The minimum atomic E-state index is -0.506. The van der Waals surface area contributed by atoms with Crippen LogP contribution in [0.15, 0.2) is 40.3 Å². The lowest BCUT2D eigenvalue weighted by molar-refractivity contribution is -0.117. The van der Waals surface area contributed by atoms with E-state index >= 15 is 0 Å². The smallest absolute Gasteiger partial charge is 0.321 e. The molecule has 0 unspecified atom stereocenters. The summed E-state index contributed by atoms with van der Waals surface area (Å²) in [6, 6.07) is 6.51. The van der Waals surface area contributed by atoms with E-state index in [1.165, 1.54) is 23.3 Å². The maximum Gasteiger partial charge on any atom is 0.321 e. The van der Waals surface area contributed by atoms with Crippen LogP contribution in [0.2, 0.25) is 5.02 Å². The maximum absolute atomic E-state index is 13.4. The van der Waals surface area contributed by atoms with Gasteiger partial charge in [0.25, 0.3) is 5.91 Å². The number of imide groups is 1. The number of amidine groups is 1. The minimum absolute atomic E-state index is 0.102. The first-order valence-corrected chi connectivity index (χ1v) is 13.4. The molecule has 0 radical (unpaired) electrons. The van der Waals surface area contributed by atoms with E-state index in [9.17, 15) is 14.4 Å². The molecule has 0 bridgehead atoms. The van der Waals surface area contributed by atoms with E-state index in [0.717, 1.165) is 47.9 Å². The van der Waals surface area contributed by atoms with E-state index in [2.05, 4.69) is 15.6 Å². The molecular weight excluding hydrogens is 508 g/mol. The molecule has 1 fully saturated rings. The zero-order chi connectivity index (χ0) is 24.9. The molecule has 4 amide bonds. The highest BCUT2D eigenvalue weighted by Crippen LogP contribution is 2.37. The van der Waals surface area contributed by atoms with Crippen molar-refractivity contribution in [3.8, 4) is 5.75 Å². The number of halogens is 1. The summed E-state index contributed by atoms with van der Waals surface area (Å²) in [5, 5.41) is 7.84. The van der Waals surface area contributed by atoms with Crippen LogP contribution in [0.1, 0.15) is 36.1 Å². The Morgan fingerprint density at radius 2 is 2.09 bits per heavy atom. The molecule has 1 aliphatic carbocycles. The van der Waals surface area contributed by atoms with E-state index in [0.29, 0.717) is 21.6 Å². The van der Waals surface area contributed by atoms with Crippen molar-refractivity contribution >= 4 is 69.5 Å². The lowest BCUT2D eigenvalue weighted by atomic mass is 10.2. The van der Waals surface area contributed by atoms with Gasteiger partial charge in [0.05, 0.1) is 18.6 Å². The number of carbonyl (C=O) groups excluding carboxylic acids is 3. The number of rotatable bonds is 6. The predicted molar refractivity (Wildman–Crippen MR) is 141 cm³/mol. The first-order chi connectivity index (χ1) is 16.9. The molecule has 2 heterocycles. The first kappa shape index (κ1) is 25.3. The molecular formula is C24H25ClN4O4S2. The number of urea groups is 1. The third-order valence-corrected chi connectivity index (χ3v) is 7.80. The second kappa shape index (κ2) is 11.3. The molecule has 184 valence electrons. The number of nitrogens with zero attached hydrogens (tertiary/aromatic N) is 2. The van der Waals surface area contributed by atoms with E-state index < -0.39 is 11.9 Å². The fourth-order valence-electron chi connectivity index (χ4n) is 3.88. The van der Waals surface area contributed by atoms with Gasteiger partial charge in [0, 0.05) is 15.9 Å². The number of anilines is 1. The molecule has 35 heavy (non-hydrogen) atoms. The molecule has 2 aliphatic rings. The summed E-state index contributed by atoms with van der Waals surface area (Å²) in [6.45, 7) is 1.96. The van der Waals surface area contributed by atoms with Gasteiger partial charge in [-0.25, -0.2) is 14.7 Å². The highest BCUT2D eigenvalue weighted by atomic mass is 35.5. The van der Waals surface area contributed by atoms with Gasteiger partial charge in [0.15, 0.2) is 5.17 Å². The Morgan fingerprint density at radius 3 is 2.77 bits per heavy atom. The Morgan fingerprint density at radius 1 is 1.31 bits per heavy atom. The van der Waals surface area contributed by atoms with E-state index in [-0.39, 0.29) is 23.4 Å². The van der Waals surface area contributed by atoms with Crippen LogP contribution in [0.5, 0.6) is 5.75 Å². The normalized spacial score (nSPS) is 17.1. The highest BCUT2D eigenvalue weighted by Gasteiger charge is 2.34. The Labute approximate surface area is 216 Å². The standard InChI is InChI=1S/C24H25ClN4O4S2/c1-14-9-10-34-20(14)12-17-22(31)29(18-11-15(25)7-8-19(18)33-2)24(27-17)35-13-21(30)28-23(32)26-16-5-3-4-6-16/h7-12,16H,3-6,13H2,1-2H3,(H2,26,28,30,32). The average Bonchev–Trinajstić information content (AvgIpc) is 3.54. The quantitative estimate of drug-likeness (QED) is 0.512. The number of ether oxygens (including phenoxy) is 1. The summed E-state index contributed by atoms with van der Waals surface area (Å²) < 4.78 is 5.44. The molecule has 4 rings (SSSR count). The third-order valence-electron chi connectivity index (χ3n) is 5.66. The number of amides is 4. The van der Waals surface area contributed by atoms with Gasteiger partial charge in [-0.2, -0.15) is 0 Å². The number of hydrogen-bond donors (Lipinski definition) is 2. The predicted octanol–water partition coefficient (Wildman–Crippen LogP) is 4.96. The summed E-state index contributed by atoms with van der Waals surface area (Å²) in [6.07, 6.45) is 5.72. The molecule has 1 saturated carbocycles. The molecule has 8 nitrogen and oxygen atoms in total. The van der Waals surface area contributed by atoms with Gasteiger partial charge in [-0.15, -0.1) is 11.3 Å². The van der Waals surface area contributed by atoms with Crippen LogP contribution in [-0.2, 0) is 9.59 Å². The summed E-state index contributed by atoms with van der Waals surface area (Å²) in [4.78, 5) is 44.8. The molecule has 1 aromatic heterocycles. The van der Waals surface area contributed by atoms with Gasteiger partial charge in [0.1, 0.15) is 11.4 Å². The number of thioether (sulfide) groups is 1. The van der Waals surface area contributed by atoms with Crippen molar-refractivity contribution < 1.29 is 19.1 Å². The van der Waals surface area contributed by atoms with Crippen LogP contribution in [0.25, 0.3) is 6.08 Å². The van der Waals surface area contributed by atoms with Crippen molar-refractivity contribution in [2.24, 2.45) is 4.99 Å². The fourth-order valence-corrected chi connectivity index (χ4v) is 5.71. The molecule has 0 atom stereocenters. The number of nitrogens with one attached hydrogen (secondary N) is 2. The van der Waals surface area contributed by atoms with Crippen LogP contribution in [0.3, 0.4) is 0 Å². The molecule has 0 saturated heterocycles. The number of hydrogen-bond acceptors (Lipinski definition) is 7. The third kappa shape index (κ3) is 6.06. The molecule has 0 spiro atoms. The Bertz CT molecular complexity index is 1200. The maximum atomic E-state index is 13.4. The van der Waals surface area contributed by atoms with Gasteiger partial charge < -0.3 is 10.1 Å². The van der Waals surface area contributed by atoms with E-state index in [1.807, 2.05) is 18.4 Å². The van der Waals surface area contributed by atoms with E-state index in [4.69, 9.17) is 16.3 Å². The Hall–Kier alpha value is -2.82. The lowest BCUT2D eigenvalue weighted by Crippen LogP contribution is -2.44. The van der Waals surface area contributed by atoms with Crippen LogP contribution >= 0.6 is 34.7 Å². The zero-order valence-corrected chi connectivity index (χ0v) is 21.7. The van der Waals surface area contributed by atoms with Crippen molar-refractivity contribution in [3.05, 3.63) is 50.8 Å². The fraction of sp³-hybridized carbons (Fsp3) is 0.333. The number of methoxy groups -OCH3 is 1. The summed E-state index contributed by atoms with van der Waals surface area (Å²) >= 11 is 8.78.